The van der Waals surface area contributed by atoms with Gasteiger partial charge < -0.3 is 9.26 Å². The average Bonchev–Trinajstić information content (AvgIpc) is 3.34. The zero-order valence-corrected chi connectivity index (χ0v) is 14.7. The Balaban J connectivity index is 1.44. The van der Waals surface area contributed by atoms with Gasteiger partial charge in [-0.1, -0.05) is 11.2 Å². The first-order valence-electron chi connectivity index (χ1n) is 8.33. The highest BCUT2D eigenvalue weighted by molar-refractivity contribution is 5.90. The van der Waals surface area contributed by atoms with E-state index in [0.717, 1.165) is 0 Å². The minimum atomic E-state index is -0.568. The monoisotopic (exact) mass is 379 g/mol. The molecule has 0 radical (unpaired) electrons. The molecule has 0 fully saturated rings. The maximum atomic E-state index is 13.0. The third kappa shape index (κ3) is 3.50. The molecule has 0 spiro atoms. The van der Waals surface area contributed by atoms with Crippen molar-refractivity contribution in [3.63, 3.8) is 0 Å². The van der Waals surface area contributed by atoms with Crippen molar-refractivity contribution in [2.75, 3.05) is 0 Å². The van der Waals surface area contributed by atoms with Gasteiger partial charge in [-0.3, -0.25) is 0 Å². The maximum absolute atomic E-state index is 13.0. The molecule has 0 unspecified atom stereocenters. The molecule has 0 bridgehead atoms. The topological polar surface area (TPSA) is 95.9 Å². The van der Waals surface area contributed by atoms with Gasteiger partial charge in [0.2, 0.25) is 5.82 Å². The number of carbonyl (C=O) groups is 1. The van der Waals surface area contributed by atoms with Crippen LogP contribution in [0.1, 0.15) is 21.9 Å². The summed E-state index contributed by atoms with van der Waals surface area (Å²) in [4.78, 5) is 20.7. The molecule has 0 saturated carbocycles. The quantitative estimate of drug-likeness (QED) is 0.492. The lowest BCUT2D eigenvalue weighted by Gasteiger charge is -2.04. The molecule has 1 aromatic carbocycles. The van der Waals surface area contributed by atoms with Crippen molar-refractivity contribution in [2.45, 2.75) is 13.5 Å². The molecule has 3 aromatic heterocycles. The number of hydrogen-bond donors (Lipinski definition) is 0. The first kappa shape index (κ1) is 17.5. The van der Waals surface area contributed by atoms with Crippen LogP contribution in [0.2, 0.25) is 0 Å². The molecule has 0 N–H and O–H groups in total. The van der Waals surface area contributed by atoms with Crippen LogP contribution in [0.5, 0.6) is 0 Å². The van der Waals surface area contributed by atoms with E-state index >= 15 is 0 Å². The van der Waals surface area contributed by atoms with E-state index in [-0.39, 0.29) is 24.1 Å². The maximum Gasteiger partial charge on any atom is 0.342 e. The van der Waals surface area contributed by atoms with Crippen LogP contribution >= 0.6 is 0 Å². The van der Waals surface area contributed by atoms with Gasteiger partial charge in [-0.25, -0.2) is 18.9 Å². The number of hydrogen-bond acceptors (Lipinski definition) is 7. The Morgan fingerprint density at radius 1 is 1.21 bits per heavy atom. The Labute approximate surface area is 158 Å². The molecule has 3 heterocycles. The summed E-state index contributed by atoms with van der Waals surface area (Å²) < 4.78 is 24.9. The molecule has 0 aliphatic heterocycles. The first-order chi connectivity index (χ1) is 13.6. The van der Waals surface area contributed by atoms with Crippen LogP contribution in [0.15, 0.2) is 59.4 Å². The van der Waals surface area contributed by atoms with Crippen LogP contribution in [0.25, 0.3) is 17.2 Å². The minimum absolute atomic E-state index is 0.127. The number of nitrogens with zero attached hydrogens (tertiary/aromatic N) is 5. The van der Waals surface area contributed by atoms with Crippen molar-refractivity contribution in [1.29, 1.82) is 0 Å². The lowest BCUT2D eigenvalue weighted by atomic mass is 10.2. The van der Waals surface area contributed by atoms with Crippen LogP contribution in [0.4, 0.5) is 4.39 Å². The lowest BCUT2D eigenvalue weighted by molar-refractivity contribution is 0.0429. The molecule has 0 aliphatic rings. The van der Waals surface area contributed by atoms with Gasteiger partial charge in [0.15, 0.2) is 12.4 Å². The van der Waals surface area contributed by atoms with E-state index in [1.165, 1.54) is 30.5 Å². The van der Waals surface area contributed by atoms with Crippen molar-refractivity contribution in [1.82, 2.24) is 24.9 Å². The van der Waals surface area contributed by atoms with E-state index in [4.69, 9.17) is 9.26 Å². The summed E-state index contributed by atoms with van der Waals surface area (Å²) in [5, 5.41) is 7.99. The Kier molecular flexibility index (Phi) is 4.63. The van der Waals surface area contributed by atoms with Crippen LogP contribution in [-0.4, -0.2) is 30.9 Å². The number of carbonyl (C=O) groups excluding carboxylic acids is 1. The summed E-state index contributed by atoms with van der Waals surface area (Å²) >= 11 is 0. The third-order valence-corrected chi connectivity index (χ3v) is 3.99. The van der Waals surface area contributed by atoms with Gasteiger partial charge in [-0.2, -0.15) is 10.1 Å². The number of pyridine rings is 1. The molecule has 4 rings (SSSR count). The molecular weight excluding hydrogens is 365 g/mol. The molecule has 0 atom stereocenters. The Bertz CT molecular complexity index is 1110. The van der Waals surface area contributed by atoms with E-state index in [2.05, 4.69) is 20.2 Å². The van der Waals surface area contributed by atoms with Gasteiger partial charge in [0.25, 0.3) is 5.89 Å². The number of aromatic nitrogens is 5. The number of ether oxygens (including phenoxy) is 1. The Morgan fingerprint density at radius 3 is 2.79 bits per heavy atom. The van der Waals surface area contributed by atoms with Crippen LogP contribution in [-0.2, 0) is 11.3 Å². The predicted octanol–water partition coefficient (Wildman–Crippen LogP) is 3.12. The summed E-state index contributed by atoms with van der Waals surface area (Å²) in [6, 6.07) is 11.1. The van der Waals surface area contributed by atoms with E-state index in [1.807, 2.05) is 6.07 Å². The highest BCUT2D eigenvalue weighted by Crippen LogP contribution is 2.17. The van der Waals surface area contributed by atoms with Gasteiger partial charge in [0.1, 0.15) is 11.4 Å². The van der Waals surface area contributed by atoms with Crippen LogP contribution < -0.4 is 0 Å². The van der Waals surface area contributed by atoms with Gasteiger partial charge in [0, 0.05) is 11.8 Å². The van der Waals surface area contributed by atoms with Gasteiger partial charge in [-0.15, -0.1) is 0 Å². The van der Waals surface area contributed by atoms with E-state index in [1.54, 1.807) is 29.9 Å². The highest BCUT2D eigenvalue weighted by Gasteiger charge is 2.18. The summed E-state index contributed by atoms with van der Waals surface area (Å²) in [6.07, 6.45) is 3.06. The van der Waals surface area contributed by atoms with Crippen molar-refractivity contribution in [3.8, 4) is 17.2 Å². The third-order valence-electron chi connectivity index (χ3n) is 3.99. The largest absolute Gasteiger partial charge is 0.452 e. The van der Waals surface area contributed by atoms with Crippen molar-refractivity contribution < 1.29 is 18.4 Å². The highest BCUT2D eigenvalue weighted by atomic mass is 19.1. The molecule has 140 valence electrons. The fraction of sp³-hybridized carbons (Fsp3) is 0.105. The SMILES string of the molecule is Cc1c(C(=O)OCc2nc(-c3ccc(F)cc3)no2)cnn1-c1ccccn1. The molecule has 8 nitrogen and oxygen atoms in total. The second kappa shape index (κ2) is 7.39. The van der Waals surface area contributed by atoms with Crippen molar-refractivity contribution in [3.05, 3.63) is 77.8 Å². The molecule has 28 heavy (non-hydrogen) atoms. The smallest absolute Gasteiger partial charge is 0.342 e. The van der Waals surface area contributed by atoms with Crippen molar-refractivity contribution in [2.24, 2.45) is 0 Å². The fourth-order valence-corrected chi connectivity index (χ4v) is 2.55. The van der Waals surface area contributed by atoms with Crippen LogP contribution in [0.3, 0.4) is 0 Å². The lowest BCUT2D eigenvalue weighted by Crippen LogP contribution is -2.08. The normalized spacial score (nSPS) is 10.8. The number of halogens is 1. The number of esters is 1. The number of rotatable bonds is 5. The molecule has 9 heteroatoms. The molecule has 0 aliphatic carbocycles. The van der Waals surface area contributed by atoms with Gasteiger partial charge >= 0.3 is 5.97 Å². The van der Waals surface area contributed by atoms with E-state index < -0.39 is 5.97 Å². The zero-order chi connectivity index (χ0) is 19.5. The van der Waals surface area contributed by atoms with Gasteiger partial charge in [0.05, 0.1) is 11.9 Å². The summed E-state index contributed by atoms with van der Waals surface area (Å²) in [5.41, 5.74) is 1.50. The summed E-state index contributed by atoms with van der Waals surface area (Å²) in [5.74, 6) is 0.0803. The van der Waals surface area contributed by atoms with E-state index in [0.29, 0.717) is 22.6 Å². The first-order valence-corrected chi connectivity index (χ1v) is 8.33. The second-order valence-corrected chi connectivity index (χ2v) is 5.84. The van der Waals surface area contributed by atoms with Crippen LogP contribution in [0, 0.1) is 12.7 Å². The molecule has 4 aromatic rings. The Morgan fingerprint density at radius 2 is 2.04 bits per heavy atom. The second-order valence-electron chi connectivity index (χ2n) is 5.84. The molecule has 0 saturated heterocycles. The Hall–Kier alpha value is -3.88. The predicted molar refractivity (Wildman–Crippen MR) is 94.9 cm³/mol. The molecular formula is C19H14FN5O3. The van der Waals surface area contributed by atoms with Gasteiger partial charge in [-0.05, 0) is 43.3 Å². The standard InChI is InChI=1S/C19H14FN5O3/c1-12-15(10-22-25(12)16-4-2-3-9-21-16)19(26)27-11-17-23-18(24-28-17)13-5-7-14(20)8-6-13/h2-10H,11H2,1H3. The summed E-state index contributed by atoms with van der Waals surface area (Å²) in [6.45, 7) is 1.55. The summed E-state index contributed by atoms with van der Waals surface area (Å²) in [7, 11) is 0. The van der Waals surface area contributed by atoms with Crippen molar-refractivity contribution >= 4 is 5.97 Å². The zero-order valence-electron chi connectivity index (χ0n) is 14.7. The number of benzene rings is 1. The average molecular weight is 379 g/mol. The van der Waals surface area contributed by atoms with E-state index in [9.17, 15) is 9.18 Å². The fourth-order valence-electron chi connectivity index (χ4n) is 2.55. The molecule has 0 amide bonds. The minimum Gasteiger partial charge on any atom is -0.452 e.